The van der Waals surface area contributed by atoms with Gasteiger partial charge in [-0.05, 0) is 56.2 Å². The Morgan fingerprint density at radius 1 is 0.872 bits per heavy atom. The van der Waals surface area contributed by atoms with Gasteiger partial charge in [-0.25, -0.2) is 8.42 Å². The average Bonchev–Trinajstić information content (AvgIpc) is 2.92. The van der Waals surface area contributed by atoms with Crippen LogP contribution in [0.15, 0.2) is 71.6 Å². The van der Waals surface area contributed by atoms with Crippen LogP contribution in [-0.4, -0.2) is 56.2 Å². The molecule has 0 radical (unpaired) electrons. The summed E-state index contributed by atoms with van der Waals surface area (Å²) in [5.41, 5.74) is 1.80. The van der Waals surface area contributed by atoms with Crippen LogP contribution in [0.5, 0.6) is 0 Å². The summed E-state index contributed by atoms with van der Waals surface area (Å²) in [7, 11) is -4.11. The molecule has 0 saturated carbocycles. The Kier molecular flexibility index (Phi) is 10.2. The van der Waals surface area contributed by atoms with Gasteiger partial charge in [-0.2, -0.15) is 4.72 Å². The monoisotopic (exact) mass is 552 g/mol. The molecule has 1 unspecified atom stereocenters. The minimum atomic E-state index is -4.11. The van der Waals surface area contributed by atoms with E-state index in [0.717, 1.165) is 21.9 Å². The van der Waals surface area contributed by atoms with Crippen molar-refractivity contribution in [3.05, 3.63) is 77.9 Å². The standard InChI is InChI=1S/C29H36N4O5S/c1-5-33(6-2)27(34)18-26(32-39(37,38)24-16-14-20(3)15-17-24)29(36)31-21(4)28(35)30-19-23-12-9-11-22-10-7-8-13-25(22)23/h7-17,21,26,32H,5-6,18-19H2,1-4H3,(H,30,35)(H,31,36)/t21-,26?/m0/s1. The number of hydrogen-bond donors (Lipinski definition) is 3. The second-order valence-corrected chi connectivity index (χ2v) is 11.1. The third-order valence-corrected chi connectivity index (χ3v) is 8.01. The fraction of sp³-hybridized carbons (Fsp3) is 0.345. The number of carbonyl (C=O) groups excluding carboxylic acids is 3. The second-order valence-electron chi connectivity index (χ2n) is 9.34. The van der Waals surface area contributed by atoms with E-state index in [2.05, 4.69) is 15.4 Å². The van der Waals surface area contributed by atoms with Gasteiger partial charge >= 0.3 is 0 Å². The van der Waals surface area contributed by atoms with Gasteiger partial charge in [-0.15, -0.1) is 0 Å². The van der Waals surface area contributed by atoms with Crippen molar-refractivity contribution in [3.8, 4) is 0 Å². The molecule has 0 aliphatic carbocycles. The van der Waals surface area contributed by atoms with Crippen LogP contribution in [0.25, 0.3) is 10.8 Å². The van der Waals surface area contributed by atoms with Crippen LogP contribution >= 0.6 is 0 Å². The van der Waals surface area contributed by atoms with Crippen molar-refractivity contribution in [2.24, 2.45) is 0 Å². The molecule has 3 aromatic rings. The Morgan fingerprint density at radius 3 is 2.18 bits per heavy atom. The summed E-state index contributed by atoms with van der Waals surface area (Å²) in [6.45, 7) is 8.03. The molecule has 3 N–H and O–H groups in total. The Bertz CT molecular complexity index is 1410. The number of hydrogen-bond acceptors (Lipinski definition) is 5. The van der Waals surface area contributed by atoms with Gasteiger partial charge in [-0.1, -0.05) is 60.2 Å². The fourth-order valence-electron chi connectivity index (χ4n) is 4.20. The van der Waals surface area contributed by atoms with Crippen LogP contribution in [0.3, 0.4) is 0 Å². The lowest BCUT2D eigenvalue weighted by atomic mass is 10.0. The van der Waals surface area contributed by atoms with E-state index < -0.39 is 33.9 Å². The van der Waals surface area contributed by atoms with E-state index in [4.69, 9.17) is 0 Å². The topological polar surface area (TPSA) is 125 Å². The van der Waals surface area contributed by atoms with Gasteiger partial charge in [0.2, 0.25) is 27.7 Å². The highest BCUT2D eigenvalue weighted by atomic mass is 32.2. The molecule has 208 valence electrons. The van der Waals surface area contributed by atoms with Crippen LogP contribution in [0.1, 0.15) is 38.3 Å². The fourth-order valence-corrected chi connectivity index (χ4v) is 5.40. The molecule has 3 amide bonds. The minimum Gasteiger partial charge on any atom is -0.350 e. The van der Waals surface area contributed by atoms with Crippen molar-refractivity contribution >= 4 is 38.5 Å². The number of rotatable bonds is 12. The van der Waals surface area contributed by atoms with Crippen molar-refractivity contribution in [1.29, 1.82) is 0 Å². The normalized spacial score (nSPS) is 12.9. The van der Waals surface area contributed by atoms with E-state index in [-0.39, 0.29) is 23.8 Å². The van der Waals surface area contributed by atoms with Gasteiger partial charge in [0.25, 0.3) is 0 Å². The van der Waals surface area contributed by atoms with Gasteiger partial charge in [0.05, 0.1) is 11.3 Å². The maximum absolute atomic E-state index is 13.2. The molecule has 0 aromatic heterocycles. The number of benzene rings is 3. The lowest BCUT2D eigenvalue weighted by Gasteiger charge is -2.24. The molecule has 0 saturated heterocycles. The maximum Gasteiger partial charge on any atom is 0.242 e. The van der Waals surface area contributed by atoms with Gasteiger partial charge in [0, 0.05) is 19.6 Å². The van der Waals surface area contributed by atoms with Crippen LogP contribution in [0.4, 0.5) is 0 Å². The lowest BCUT2D eigenvalue weighted by Crippen LogP contribution is -2.54. The first-order chi connectivity index (χ1) is 18.6. The first-order valence-corrected chi connectivity index (χ1v) is 14.5. The zero-order valence-electron chi connectivity index (χ0n) is 22.7. The summed E-state index contributed by atoms with van der Waals surface area (Å²) in [5.74, 6) is -1.58. The molecule has 3 rings (SSSR count). The summed E-state index contributed by atoms with van der Waals surface area (Å²) in [5, 5.41) is 7.45. The number of nitrogens with one attached hydrogen (secondary N) is 3. The Labute approximate surface area is 230 Å². The molecule has 0 fully saturated rings. The van der Waals surface area contributed by atoms with Crippen LogP contribution in [-0.2, 0) is 31.0 Å². The van der Waals surface area contributed by atoms with E-state index in [9.17, 15) is 22.8 Å². The molecule has 9 nitrogen and oxygen atoms in total. The smallest absolute Gasteiger partial charge is 0.242 e. The molecule has 3 aromatic carbocycles. The summed E-state index contributed by atoms with van der Waals surface area (Å²) < 4.78 is 28.4. The number of aryl methyl sites for hydroxylation is 1. The SMILES string of the molecule is CCN(CC)C(=O)CC(NS(=O)(=O)c1ccc(C)cc1)C(=O)N[C@@H](C)C(=O)NCc1cccc2ccccc12. The van der Waals surface area contributed by atoms with Crippen LogP contribution < -0.4 is 15.4 Å². The van der Waals surface area contributed by atoms with Crippen LogP contribution in [0.2, 0.25) is 0 Å². The summed E-state index contributed by atoms with van der Waals surface area (Å²) >= 11 is 0. The molecular weight excluding hydrogens is 516 g/mol. The molecule has 10 heteroatoms. The molecule has 0 bridgehead atoms. The quantitative estimate of drug-likeness (QED) is 0.319. The third-order valence-electron chi connectivity index (χ3n) is 6.53. The van der Waals surface area contributed by atoms with Gasteiger partial charge in [-0.3, -0.25) is 14.4 Å². The number of nitrogens with zero attached hydrogens (tertiary/aromatic N) is 1. The Balaban J connectivity index is 1.72. The average molecular weight is 553 g/mol. The molecular formula is C29H36N4O5S. The largest absolute Gasteiger partial charge is 0.350 e. The summed E-state index contributed by atoms with van der Waals surface area (Å²) in [6.07, 6.45) is -0.386. The zero-order valence-corrected chi connectivity index (χ0v) is 23.5. The lowest BCUT2D eigenvalue weighted by molar-refractivity contribution is -0.135. The Hall–Kier alpha value is -3.76. The predicted molar refractivity (Wildman–Crippen MR) is 151 cm³/mol. The maximum atomic E-state index is 13.2. The molecule has 2 atom stereocenters. The summed E-state index contributed by atoms with van der Waals surface area (Å²) in [6, 6.07) is 17.4. The van der Waals surface area contributed by atoms with Crippen molar-refractivity contribution in [2.75, 3.05) is 13.1 Å². The van der Waals surface area contributed by atoms with Crippen molar-refractivity contribution in [2.45, 2.75) is 57.6 Å². The highest BCUT2D eigenvalue weighted by molar-refractivity contribution is 7.89. The second kappa shape index (κ2) is 13.3. The molecule has 0 aliphatic rings. The van der Waals surface area contributed by atoms with Crippen LogP contribution in [0, 0.1) is 6.92 Å². The van der Waals surface area contributed by atoms with Gasteiger partial charge in [0.15, 0.2) is 0 Å². The van der Waals surface area contributed by atoms with E-state index in [1.165, 1.54) is 24.0 Å². The van der Waals surface area contributed by atoms with E-state index >= 15 is 0 Å². The minimum absolute atomic E-state index is 0.0259. The number of sulfonamides is 1. The molecule has 39 heavy (non-hydrogen) atoms. The summed E-state index contributed by atoms with van der Waals surface area (Å²) in [4.78, 5) is 40.3. The number of carbonyl (C=O) groups is 3. The first kappa shape index (κ1) is 29.8. The number of fused-ring (bicyclic) bond motifs is 1. The number of amides is 3. The third kappa shape index (κ3) is 7.87. The van der Waals surface area contributed by atoms with E-state index in [0.29, 0.717) is 13.1 Å². The van der Waals surface area contributed by atoms with E-state index in [1.54, 1.807) is 26.0 Å². The Morgan fingerprint density at radius 2 is 1.51 bits per heavy atom. The molecule has 0 spiro atoms. The molecule has 0 heterocycles. The highest BCUT2D eigenvalue weighted by Crippen LogP contribution is 2.18. The molecule has 0 aliphatic heterocycles. The van der Waals surface area contributed by atoms with E-state index in [1.807, 2.05) is 49.4 Å². The van der Waals surface area contributed by atoms with Gasteiger partial charge in [0.1, 0.15) is 12.1 Å². The van der Waals surface area contributed by atoms with Gasteiger partial charge < -0.3 is 15.5 Å². The predicted octanol–water partition coefficient (Wildman–Crippen LogP) is 2.87. The van der Waals surface area contributed by atoms with Crippen molar-refractivity contribution in [3.63, 3.8) is 0 Å². The van der Waals surface area contributed by atoms with Crippen molar-refractivity contribution in [1.82, 2.24) is 20.3 Å². The van der Waals surface area contributed by atoms with Crippen molar-refractivity contribution < 1.29 is 22.8 Å². The first-order valence-electron chi connectivity index (χ1n) is 13.0. The highest BCUT2D eigenvalue weighted by Gasteiger charge is 2.31. The zero-order chi connectivity index (χ0) is 28.6.